The molecular formula is C10H9N3O3. The van der Waals surface area contributed by atoms with Crippen LogP contribution in [0.25, 0.3) is 11.6 Å². The molecule has 6 heteroatoms. The van der Waals surface area contributed by atoms with Crippen LogP contribution in [0, 0.1) is 6.92 Å². The van der Waals surface area contributed by atoms with Gasteiger partial charge in [0, 0.05) is 6.20 Å². The Hall–Kier alpha value is -2.37. The van der Waals surface area contributed by atoms with E-state index in [1.165, 1.54) is 12.5 Å². The Labute approximate surface area is 90.7 Å². The minimum Gasteiger partial charge on any atom is -0.477 e. The van der Waals surface area contributed by atoms with Crippen LogP contribution in [0.15, 0.2) is 22.9 Å². The second-order valence-corrected chi connectivity index (χ2v) is 3.23. The third kappa shape index (κ3) is 1.60. The number of aromatic carboxylic acids is 1. The van der Waals surface area contributed by atoms with Crippen molar-refractivity contribution in [3.63, 3.8) is 0 Å². The Morgan fingerprint density at radius 3 is 2.81 bits per heavy atom. The Bertz CT molecular complexity index is 548. The zero-order valence-electron chi connectivity index (χ0n) is 8.47. The van der Waals surface area contributed by atoms with Crippen molar-refractivity contribution in [2.75, 3.05) is 5.73 Å². The van der Waals surface area contributed by atoms with Gasteiger partial charge in [-0.1, -0.05) is 0 Å². The standard InChI is InChI=1S/C10H9N3O3/c1-5-2-3-16-7(5)9-12-4-6(10(14)15)8(11)13-9/h2-4H,1H3,(H,14,15)(H2,11,12,13). The highest BCUT2D eigenvalue weighted by atomic mass is 16.4. The number of carbonyl (C=O) groups is 1. The first-order valence-corrected chi connectivity index (χ1v) is 4.50. The largest absolute Gasteiger partial charge is 0.477 e. The van der Waals surface area contributed by atoms with E-state index in [4.69, 9.17) is 15.3 Å². The summed E-state index contributed by atoms with van der Waals surface area (Å²) in [6.07, 6.45) is 2.68. The first-order valence-electron chi connectivity index (χ1n) is 4.50. The summed E-state index contributed by atoms with van der Waals surface area (Å²) in [5.74, 6) is -0.456. The van der Waals surface area contributed by atoms with Crippen LogP contribution < -0.4 is 5.73 Å². The molecule has 0 atom stereocenters. The van der Waals surface area contributed by atoms with Crippen LogP contribution in [-0.4, -0.2) is 21.0 Å². The fraction of sp³-hybridized carbons (Fsp3) is 0.100. The summed E-state index contributed by atoms with van der Waals surface area (Å²) in [5.41, 5.74) is 6.25. The van der Waals surface area contributed by atoms with Crippen molar-refractivity contribution in [1.82, 2.24) is 9.97 Å². The number of furan rings is 1. The van der Waals surface area contributed by atoms with Gasteiger partial charge in [-0.05, 0) is 18.6 Å². The van der Waals surface area contributed by atoms with Crippen molar-refractivity contribution >= 4 is 11.8 Å². The number of anilines is 1. The van der Waals surface area contributed by atoms with Crippen molar-refractivity contribution < 1.29 is 14.3 Å². The van der Waals surface area contributed by atoms with E-state index >= 15 is 0 Å². The number of nitrogens with zero attached hydrogens (tertiary/aromatic N) is 2. The molecule has 0 spiro atoms. The van der Waals surface area contributed by atoms with Gasteiger partial charge in [0.05, 0.1) is 6.26 Å². The normalized spacial score (nSPS) is 10.3. The van der Waals surface area contributed by atoms with Gasteiger partial charge in [0.1, 0.15) is 11.4 Å². The molecular weight excluding hydrogens is 210 g/mol. The van der Waals surface area contributed by atoms with Gasteiger partial charge in [-0.25, -0.2) is 14.8 Å². The monoisotopic (exact) mass is 219 g/mol. The van der Waals surface area contributed by atoms with Crippen molar-refractivity contribution in [3.8, 4) is 11.6 Å². The number of carboxylic acid groups (broad SMARTS) is 1. The van der Waals surface area contributed by atoms with E-state index in [2.05, 4.69) is 9.97 Å². The van der Waals surface area contributed by atoms with E-state index in [1.54, 1.807) is 6.07 Å². The highest BCUT2D eigenvalue weighted by molar-refractivity contribution is 5.92. The third-order valence-electron chi connectivity index (χ3n) is 2.11. The van der Waals surface area contributed by atoms with E-state index in [0.29, 0.717) is 5.76 Å². The third-order valence-corrected chi connectivity index (χ3v) is 2.11. The van der Waals surface area contributed by atoms with Crippen LogP contribution in [-0.2, 0) is 0 Å². The lowest BCUT2D eigenvalue weighted by Gasteiger charge is -2.01. The van der Waals surface area contributed by atoms with Crippen LogP contribution in [0.3, 0.4) is 0 Å². The fourth-order valence-electron chi connectivity index (χ4n) is 1.27. The van der Waals surface area contributed by atoms with Crippen LogP contribution in [0.4, 0.5) is 5.82 Å². The van der Waals surface area contributed by atoms with E-state index in [9.17, 15) is 4.79 Å². The van der Waals surface area contributed by atoms with Crippen LogP contribution in [0.5, 0.6) is 0 Å². The molecule has 0 aliphatic carbocycles. The quantitative estimate of drug-likeness (QED) is 0.789. The lowest BCUT2D eigenvalue weighted by molar-refractivity contribution is 0.0697. The van der Waals surface area contributed by atoms with Gasteiger partial charge in [0.25, 0.3) is 0 Å². The molecule has 2 aromatic rings. The Balaban J connectivity index is 2.50. The number of aromatic nitrogens is 2. The SMILES string of the molecule is Cc1ccoc1-c1ncc(C(=O)O)c(N)n1. The summed E-state index contributed by atoms with van der Waals surface area (Å²) in [7, 11) is 0. The topological polar surface area (TPSA) is 102 Å². The van der Waals surface area contributed by atoms with E-state index in [0.717, 1.165) is 5.56 Å². The number of nitrogens with two attached hydrogens (primary N) is 1. The number of rotatable bonds is 2. The zero-order chi connectivity index (χ0) is 11.7. The lowest BCUT2D eigenvalue weighted by Crippen LogP contribution is -2.06. The molecule has 3 N–H and O–H groups in total. The number of carboxylic acids is 1. The summed E-state index contributed by atoms with van der Waals surface area (Å²) in [6.45, 7) is 1.84. The Morgan fingerprint density at radius 1 is 1.56 bits per heavy atom. The minimum absolute atomic E-state index is 0.0756. The molecule has 0 amide bonds. The summed E-state index contributed by atoms with van der Waals surface area (Å²) < 4.78 is 5.18. The predicted octanol–water partition coefficient (Wildman–Crippen LogP) is 1.33. The molecule has 0 saturated carbocycles. The molecule has 0 saturated heterocycles. The van der Waals surface area contributed by atoms with Crippen molar-refractivity contribution in [2.24, 2.45) is 0 Å². The van der Waals surface area contributed by atoms with E-state index < -0.39 is 5.97 Å². The van der Waals surface area contributed by atoms with Gasteiger partial charge < -0.3 is 15.3 Å². The molecule has 0 aliphatic heterocycles. The molecule has 0 aliphatic rings. The van der Waals surface area contributed by atoms with Crippen LogP contribution in [0.1, 0.15) is 15.9 Å². The average Bonchev–Trinajstić information content (AvgIpc) is 2.63. The predicted molar refractivity (Wildman–Crippen MR) is 55.8 cm³/mol. The molecule has 0 fully saturated rings. The van der Waals surface area contributed by atoms with Crippen LogP contribution in [0.2, 0.25) is 0 Å². The molecule has 82 valence electrons. The molecule has 0 bridgehead atoms. The van der Waals surface area contributed by atoms with Crippen molar-refractivity contribution in [3.05, 3.63) is 29.7 Å². The van der Waals surface area contributed by atoms with E-state index in [1.807, 2.05) is 6.92 Å². The summed E-state index contributed by atoms with van der Waals surface area (Å²) in [4.78, 5) is 18.5. The first kappa shape index (κ1) is 10.2. The smallest absolute Gasteiger partial charge is 0.341 e. The van der Waals surface area contributed by atoms with Crippen LogP contribution >= 0.6 is 0 Å². The number of aryl methyl sites for hydroxylation is 1. The van der Waals surface area contributed by atoms with Gasteiger partial charge in [0.15, 0.2) is 11.6 Å². The van der Waals surface area contributed by atoms with Crippen molar-refractivity contribution in [2.45, 2.75) is 6.92 Å². The second kappa shape index (κ2) is 3.65. The fourth-order valence-corrected chi connectivity index (χ4v) is 1.27. The second-order valence-electron chi connectivity index (χ2n) is 3.23. The highest BCUT2D eigenvalue weighted by Gasteiger charge is 2.14. The molecule has 16 heavy (non-hydrogen) atoms. The lowest BCUT2D eigenvalue weighted by atomic mass is 10.2. The summed E-state index contributed by atoms with van der Waals surface area (Å²) in [5, 5.41) is 8.76. The molecule has 0 unspecified atom stereocenters. The van der Waals surface area contributed by atoms with Crippen molar-refractivity contribution in [1.29, 1.82) is 0 Å². The Morgan fingerprint density at radius 2 is 2.31 bits per heavy atom. The number of hydrogen-bond acceptors (Lipinski definition) is 5. The highest BCUT2D eigenvalue weighted by Crippen LogP contribution is 2.21. The molecule has 0 radical (unpaired) electrons. The number of hydrogen-bond donors (Lipinski definition) is 2. The average molecular weight is 219 g/mol. The zero-order valence-corrected chi connectivity index (χ0v) is 8.47. The molecule has 2 heterocycles. The van der Waals surface area contributed by atoms with Gasteiger partial charge in [-0.15, -0.1) is 0 Å². The van der Waals surface area contributed by atoms with Gasteiger partial charge >= 0.3 is 5.97 Å². The molecule has 6 nitrogen and oxygen atoms in total. The Kier molecular flexibility index (Phi) is 2.32. The number of nitrogen functional groups attached to an aromatic ring is 1. The molecule has 2 aromatic heterocycles. The summed E-state index contributed by atoms with van der Waals surface area (Å²) in [6, 6.07) is 1.76. The maximum atomic E-state index is 10.7. The first-order chi connectivity index (χ1) is 7.59. The van der Waals surface area contributed by atoms with Gasteiger partial charge in [-0.3, -0.25) is 0 Å². The minimum atomic E-state index is -1.15. The van der Waals surface area contributed by atoms with E-state index in [-0.39, 0.29) is 17.2 Å². The van der Waals surface area contributed by atoms with Gasteiger partial charge in [-0.2, -0.15) is 0 Å². The molecule has 2 rings (SSSR count). The van der Waals surface area contributed by atoms with Gasteiger partial charge in [0.2, 0.25) is 0 Å². The summed E-state index contributed by atoms with van der Waals surface area (Å²) >= 11 is 0. The maximum Gasteiger partial charge on any atom is 0.341 e. The molecule has 0 aromatic carbocycles. The maximum absolute atomic E-state index is 10.7.